The zero-order valence-corrected chi connectivity index (χ0v) is 28.3. The van der Waals surface area contributed by atoms with Gasteiger partial charge in [0.25, 0.3) is 0 Å². The molecule has 7 nitrogen and oxygen atoms in total. The highest BCUT2D eigenvalue weighted by Crippen LogP contribution is 2.64. The largest absolute Gasteiger partial charge is 0.507 e. The van der Waals surface area contributed by atoms with Crippen molar-refractivity contribution < 1.29 is 55.0 Å². The van der Waals surface area contributed by atoms with Crippen molar-refractivity contribution in [1.29, 1.82) is 0 Å². The molecule has 2 heterocycles. The molecule has 3 aromatic carbocycles. The fourth-order valence-corrected chi connectivity index (χ4v) is 8.89. The molecule has 1 N–H and O–H groups in total. The van der Waals surface area contributed by atoms with Gasteiger partial charge >= 0.3 is 12.4 Å². The number of imide groups is 2. The van der Waals surface area contributed by atoms with E-state index in [1.54, 1.807) is 24.3 Å². The highest BCUT2D eigenvalue weighted by molar-refractivity contribution is 6.32. The SMILES string of the molecule is C=CCc1cccc([C@H]2C3=CC[C@@H]4C(=O)N(c5cc(C(F)(F)F)cc(C(F)(F)F)c5)C(=O)[C@@H]4[C@@H]3C[C@H]3C(=O)N(c4ccc(F)c(Cl)c4)C(=O)[C@@]23C)c1O. The van der Waals surface area contributed by atoms with Crippen molar-refractivity contribution in [3.05, 3.63) is 112 Å². The smallest absolute Gasteiger partial charge is 0.416 e. The summed E-state index contributed by atoms with van der Waals surface area (Å²) in [6.45, 7) is 5.24. The first-order valence-electron chi connectivity index (χ1n) is 16.4. The zero-order chi connectivity index (χ0) is 38.5. The van der Waals surface area contributed by atoms with Gasteiger partial charge in [0.1, 0.15) is 11.6 Å². The third-order valence-corrected chi connectivity index (χ3v) is 11.4. The van der Waals surface area contributed by atoms with Gasteiger partial charge in [-0.05, 0) is 74.1 Å². The third-order valence-electron chi connectivity index (χ3n) is 11.1. The lowest BCUT2D eigenvalue weighted by Crippen LogP contribution is -2.49. The molecular formula is C38H28ClF7N2O5. The lowest BCUT2D eigenvalue weighted by Gasteiger charge is -2.49. The molecule has 0 aromatic heterocycles. The molecule has 2 saturated heterocycles. The maximum Gasteiger partial charge on any atom is 0.416 e. The summed E-state index contributed by atoms with van der Waals surface area (Å²) in [5, 5.41) is 11.2. The van der Waals surface area contributed by atoms with Gasteiger partial charge in [-0.1, -0.05) is 47.5 Å². The van der Waals surface area contributed by atoms with Crippen LogP contribution < -0.4 is 9.80 Å². The van der Waals surface area contributed by atoms with Gasteiger partial charge in [0.15, 0.2) is 0 Å². The Hall–Kier alpha value is -4.98. The van der Waals surface area contributed by atoms with Crippen LogP contribution in [-0.4, -0.2) is 28.7 Å². The molecule has 4 aliphatic rings. The first kappa shape index (κ1) is 36.4. The van der Waals surface area contributed by atoms with Crippen molar-refractivity contribution in [2.45, 2.75) is 44.5 Å². The summed E-state index contributed by atoms with van der Waals surface area (Å²) in [5.74, 6) is -10.4. The Morgan fingerprint density at radius 2 is 1.55 bits per heavy atom. The molecule has 2 aliphatic carbocycles. The second-order valence-corrected chi connectivity index (χ2v) is 14.3. The lowest BCUT2D eigenvalue weighted by molar-refractivity contribution is -0.143. The zero-order valence-electron chi connectivity index (χ0n) is 27.6. The Morgan fingerprint density at radius 1 is 0.887 bits per heavy atom. The molecule has 0 radical (unpaired) electrons. The van der Waals surface area contributed by atoms with E-state index in [4.69, 9.17) is 11.6 Å². The van der Waals surface area contributed by atoms with E-state index in [9.17, 15) is 55.0 Å². The van der Waals surface area contributed by atoms with E-state index in [1.807, 2.05) is 0 Å². The van der Waals surface area contributed by atoms with Gasteiger partial charge in [-0.25, -0.2) is 14.2 Å². The number of amides is 4. The molecule has 276 valence electrons. The van der Waals surface area contributed by atoms with Crippen LogP contribution >= 0.6 is 11.6 Å². The number of anilines is 2. The molecule has 7 rings (SSSR count). The van der Waals surface area contributed by atoms with E-state index in [0.29, 0.717) is 28.2 Å². The van der Waals surface area contributed by atoms with Crippen LogP contribution in [-0.2, 0) is 38.0 Å². The van der Waals surface area contributed by atoms with Crippen molar-refractivity contribution in [3.8, 4) is 5.75 Å². The minimum atomic E-state index is -5.25. The summed E-state index contributed by atoms with van der Waals surface area (Å²) in [6, 6.07) is 8.59. The quantitative estimate of drug-likeness (QED) is 0.160. The Balaban J connectivity index is 1.38. The summed E-state index contributed by atoms with van der Waals surface area (Å²) < 4.78 is 96.9. The predicted octanol–water partition coefficient (Wildman–Crippen LogP) is 8.39. The lowest BCUT2D eigenvalue weighted by atomic mass is 9.51. The summed E-state index contributed by atoms with van der Waals surface area (Å²) in [6.07, 6.45) is -7.53. The number of benzene rings is 3. The predicted molar refractivity (Wildman–Crippen MR) is 177 cm³/mol. The van der Waals surface area contributed by atoms with Crippen LogP contribution in [0.3, 0.4) is 0 Å². The molecule has 3 aromatic rings. The number of aromatic hydroxyl groups is 1. The molecule has 0 bridgehead atoms. The minimum absolute atomic E-state index is 0.0384. The van der Waals surface area contributed by atoms with Crippen LogP contribution in [0, 0.1) is 34.9 Å². The number of carbonyl (C=O) groups excluding carboxylic acids is 4. The summed E-state index contributed by atoms with van der Waals surface area (Å²) >= 11 is 6.02. The monoisotopic (exact) mass is 760 g/mol. The van der Waals surface area contributed by atoms with E-state index in [0.717, 1.165) is 17.0 Å². The van der Waals surface area contributed by atoms with Crippen LogP contribution in [0.5, 0.6) is 5.75 Å². The molecule has 0 spiro atoms. The average molecular weight is 761 g/mol. The number of para-hydroxylation sites is 1. The molecule has 53 heavy (non-hydrogen) atoms. The Kier molecular flexibility index (Phi) is 8.44. The second kappa shape index (κ2) is 12.3. The van der Waals surface area contributed by atoms with Crippen molar-refractivity contribution in [2.24, 2.45) is 29.1 Å². The summed E-state index contributed by atoms with van der Waals surface area (Å²) in [7, 11) is 0. The number of rotatable bonds is 5. The maximum atomic E-state index is 14.6. The fourth-order valence-electron chi connectivity index (χ4n) is 8.72. The van der Waals surface area contributed by atoms with Crippen molar-refractivity contribution >= 4 is 46.6 Å². The fraction of sp³-hybridized carbons (Fsp3) is 0.316. The first-order valence-corrected chi connectivity index (χ1v) is 16.8. The molecule has 3 fully saturated rings. The first-order chi connectivity index (χ1) is 24.8. The van der Waals surface area contributed by atoms with Gasteiger partial charge < -0.3 is 5.11 Å². The van der Waals surface area contributed by atoms with Gasteiger partial charge in [-0.15, -0.1) is 6.58 Å². The molecular weight excluding hydrogens is 733 g/mol. The Morgan fingerprint density at radius 3 is 2.15 bits per heavy atom. The van der Waals surface area contributed by atoms with Crippen LogP contribution in [0.15, 0.2) is 78.9 Å². The number of hydrogen-bond acceptors (Lipinski definition) is 5. The highest BCUT2D eigenvalue weighted by Gasteiger charge is 2.68. The summed E-state index contributed by atoms with van der Waals surface area (Å²) in [4.78, 5) is 58.3. The number of alkyl halides is 6. The Bertz CT molecular complexity index is 2130. The van der Waals surface area contributed by atoms with E-state index >= 15 is 0 Å². The standard InChI is InChI=1S/C38H28ClF7N2O5/c1-3-5-17-6-4-7-24(31(17)49)30-22-9-10-23-29(34(52)47(32(23)50)21-13-18(37(41,42)43)12-19(14-21)38(44,45)46)25(22)16-26-33(51)48(35(53)36(26,30)2)20-8-11-28(40)27(39)15-20/h3-4,6-9,11-15,23,25-26,29-30,49H,1,5,10,16H2,2H3/t23-,25+,26-,29-,30+,36+/m0/s1. The van der Waals surface area contributed by atoms with Crippen molar-refractivity contribution in [2.75, 3.05) is 9.80 Å². The van der Waals surface area contributed by atoms with Gasteiger partial charge in [-0.2, -0.15) is 26.3 Å². The van der Waals surface area contributed by atoms with E-state index in [1.165, 1.54) is 19.1 Å². The number of phenolic OH excluding ortho intramolecular Hbond substituents is 1. The minimum Gasteiger partial charge on any atom is -0.507 e. The topological polar surface area (TPSA) is 95.0 Å². The van der Waals surface area contributed by atoms with Crippen LogP contribution in [0.25, 0.3) is 0 Å². The highest BCUT2D eigenvalue weighted by atomic mass is 35.5. The average Bonchev–Trinajstić information content (AvgIpc) is 3.45. The summed E-state index contributed by atoms with van der Waals surface area (Å²) in [5.41, 5.74) is -4.96. The normalized spacial score (nSPS) is 27.1. The molecule has 4 amide bonds. The molecule has 6 atom stereocenters. The number of fused-ring (bicyclic) bond motifs is 4. The van der Waals surface area contributed by atoms with Crippen molar-refractivity contribution in [3.63, 3.8) is 0 Å². The number of carbonyl (C=O) groups is 4. The Labute approximate surface area is 302 Å². The number of allylic oxidation sites excluding steroid dienone is 3. The van der Waals surface area contributed by atoms with Gasteiger partial charge in [0.2, 0.25) is 23.6 Å². The number of phenols is 1. The van der Waals surface area contributed by atoms with E-state index < -0.39 is 93.6 Å². The molecule has 2 aliphatic heterocycles. The second-order valence-electron chi connectivity index (χ2n) is 13.9. The van der Waals surface area contributed by atoms with E-state index in [-0.39, 0.29) is 47.4 Å². The van der Waals surface area contributed by atoms with Crippen LogP contribution in [0.2, 0.25) is 5.02 Å². The van der Waals surface area contributed by atoms with Gasteiger partial charge in [0, 0.05) is 11.5 Å². The van der Waals surface area contributed by atoms with E-state index in [2.05, 4.69) is 6.58 Å². The van der Waals surface area contributed by atoms with Crippen molar-refractivity contribution in [1.82, 2.24) is 0 Å². The number of halogens is 8. The number of nitrogens with zero attached hydrogens (tertiary/aromatic N) is 2. The number of hydrogen-bond donors (Lipinski definition) is 1. The van der Waals surface area contributed by atoms with Crippen LogP contribution in [0.1, 0.15) is 47.9 Å². The maximum absolute atomic E-state index is 14.6. The van der Waals surface area contributed by atoms with Gasteiger partial charge in [0.05, 0.1) is 50.7 Å². The molecule has 15 heteroatoms. The van der Waals surface area contributed by atoms with Gasteiger partial charge in [-0.3, -0.25) is 19.2 Å². The van der Waals surface area contributed by atoms with Crippen LogP contribution in [0.4, 0.5) is 42.1 Å². The third kappa shape index (κ3) is 5.47. The molecule has 1 saturated carbocycles. The molecule has 0 unspecified atom stereocenters.